The van der Waals surface area contributed by atoms with E-state index in [1.807, 2.05) is 0 Å². The van der Waals surface area contributed by atoms with E-state index in [9.17, 15) is 14.0 Å². The molecule has 0 unspecified atom stereocenters. The molecule has 7 nitrogen and oxygen atoms in total. The third-order valence-electron chi connectivity index (χ3n) is 3.89. The van der Waals surface area contributed by atoms with Gasteiger partial charge in [0.05, 0.1) is 6.42 Å². The number of carbonyl (C=O) groups is 2. The molecule has 0 spiro atoms. The molecule has 124 valence electrons. The maximum absolute atomic E-state index is 13.0. The zero-order valence-electron chi connectivity index (χ0n) is 12.9. The van der Waals surface area contributed by atoms with Crippen LogP contribution in [-0.4, -0.2) is 31.9 Å². The summed E-state index contributed by atoms with van der Waals surface area (Å²) in [5.74, 6) is -0.306. The zero-order valence-corrected chi connectivity index (χ0v) is 12.9. The lowest BCUT2D eigenvalue weighted by Gasteiger charge is -2.03. The van der Waals surface area contributed by atoms with Crippen LogP contribution in [0.15, 0.2) is 42.5 Å². The number of hydrogen-bond acceptors (Lipinski definition) is 5. The number of fused-ring (bicyclic) bond motifs is 1. The van der Waals surface area contributed by atoms with Crippen LogP contribution in [0.1, 0.15) is 15.9 Å². The number of carbonyl (C=O) groups excluding carboxylic acids is 2. The lowest BCUT2D eigenvalue weighted by atomic mass is 10.1. The van der Waals surface area contributed by atoms with Gasteiger partial charge in [-0.05, 0) is 53.2 Å². The number of benzene rings is 2. The van der Waals surface area contributed by atoms with Gasteiger partial charge in [0.1, 0.15) is 12.4 Å². The maximum atomic E-state index is 13.0. The quantitative estimate of drug-likeness (QED) is 0.734. The second-order valence-corrected chi connectivity index (χ2v) is 5.67. The summed E-state index contributed by atoms with van der Waals surface area (Å²) in [6.07, 6.45) is 0.271. The number of ketones is 1. The molecule has 1 N–H and O–H groups in total. The summed E-state index contributed by atoms with van der Waals surface area (Å²) in [4.78, 5) is 25.0. The van der Waals surface area contributed by atoms with Gasteiger partial charge in [0.2, 0.25) is 11.7 Å². The number of halogens is 1. The van der Waals surface area contributed by atoms with Crippen LogP contribution < -0.4 is 5.32 Å². The Hall–Kier alpha value is -3.42. The molecular formula is C17H12FN5O2. The van der Waals surface area contributed by atoms with Gasteiger partial charge in [-0.15, -0.1) is 10.2 Å². The summed E-state index contributed by atoms with van der Waals surface area (Å²) in [5.41, 5.74) is 2.63. The van der Waals surface area contributed by atoms with Crippen molar-refractivity contribution in [2.75, 3.05) is 5.32 Å². The summed E-state index contributed by atoms with van der Waals surface area (Å²) in [6.45, 7) is -0.0750. The second-order valence-electron chi connectivity index (χ2n) is 5.67. The third kappa shape index (κ3) is 3.01. The molecule has 0 atom stereocenters. The van der Waals surface area contributed by atoms with Gasteiger partial charge in [0.15, 0.2) is 5.78 Å². The Labute approximate surface area is 141 Å². The van der Waals surface area contributed by atoms with E-state index in [-0.39, 0.29) is 30.5 Å². The number of Topliss-reactive ketones (excluding diaryl/α,β-unsaturated/α-hetero) is 1. The fourth-order valence-electron chi connectivity index (χ4n) is 2.65. The lowest BCUT2D eigenvalue weighted by Crippen LogP contribution is -2.13. The molecule has 25 heavy (non-hydrogen) atoms. The number of rotatable bonds is 4. The Morgan fingerprint density at radius 1 is 1.20 bits per heavy atom. The largest absolute Gasteiger partial charge is 0.326 e. The first-order valence-corrected chi connectivity index (χ1v) is 7.58. The van der Waals surface area contributed by atoms with Crippen molar-refractivity contribution in [2.24, 2.45) is 0 Å². The molecule has 0 saturated heterocycles. The highest BCUT2D eigenvalue weighted by Crippen LogP contribution is 2.24. The van der Waals surface area contributed by atoms with E-state index in [4.69, 9.17) is 0 Å². The van der Waals surface area contributed by atoms with Crippen LogP contribution in [0.4, 0.5) is 10.1 Å². The Bertz CT molecular complexity index is 981. The first kappa shape index (κ1) is 15.1. The predicted octanol–water partition coefficient (Wildman–Crippen LogP) is 1.86. The highest BCUT2D eigenvalue weighted by atomic mass is 19.1. The number of amides is 1. The Kier molecular flexibility index (Phi) is 3.57. The van der Waals surface area contributed by atoms with Gasteiger partial charge < -0.3 is 5.32 Å². The number of nitrogens with zero attached hydrogens (tertiary/aromatic N) is 4. The van der Waals surface area contributed by atoms with E-state index in [0.717, 1.165) is 11.3 Å². The summed E-state index contributed by atoms with van der Waals surface area (Å²) < 4.78 is 13.0. The minimum Gasteiger partial charge on any atom is -0.326 e. The Morgan fingerprint density at radius 3 is 2.80 bits per heavy atom. The van der Waals surface area contributed by atoms with Crippen molar-refractivity contribution < 1.29 is 14.0 Å². The fourth-order valence-corrected chi connectivity index (χ4v) is 2.65. The Balaban J connectivity index is 1.51. The summed E-state index contributed by atoms with van der Waals surface area (Å²) >= 11 is 0. The smallest absolute Gasteiger partial charge is 0.228 e. The SMILES string of the molecule is O=C1Cc2cc(C(=O)Cn3nnc(-c4ccc(F)cc4)n3)ccc2N1. The molecular weight excluding hydrogens is 325 g/mol. The maximum Gasteiger partial charge on any atom is 0.228 e. The van der Waals surface area contributed by atoms with E-state index in [1.165, 1.54) is 16.9 Å². The summed E-state index contributed by atoms with van der Waals surface area (Å²) in [5, 5.41) is 14.6. The fraction of sp³-hybridized carbons (Fsp3) is 0.118. The van der Waals surface area contributed by atoms with Crippen LogP contribution in [0.5, 0.6) is 0 Å². The third-order valence-corrected chi connectivity index (χ3v) is 3.89. The van der Waals surface area contributed by atoms with Crippen molar-refractivity contribution in [1.29, 1.82) is 0 Å². The van der Waals surface area contributed by atoms with Gasteiger partial charge in [-0.25, -0.2) is 4.39 Å². The minimum absolute atomic E-state index is 0.0750. The second kappa shape index (κ2) is 5.90. The molecule has 8 heteroatoms. The van der Waals surface area contributed by atoms with Crippen LogP contribution in [-0.2, 0) is 17.8 Å². The van der Waals surface area contributed by atoms with Crippen LogP contribution in [0.3, 0.4) is 0 Å². The van der Waals surface area contributed by atoms with Crippen LogP contribution in [0, 0.1) is 5.82 Å². The predicted molar refractivity (Wildman–Crippen MR) is 86.3 cm³/mol. The molecule has 1 amide bonds. The molecule has 1 aliphatic heterocycles. The highest BCUT2D eigenvalue weighted by Gasteiger charge is 2.19. The van der Waals surface area contributed by atoms with Gasteiger partial charge in [-0.1, -0.05) is 0 Å². The van der Waals surface area contributed by atoms with E-state index in [0.29, 0.717) is 17.0 Å². The van der Waals surface area contributed by atoms with Gasteiger partial charge >= 0.3 is 0 Å². The molecule has 3 aromatic rings. The molecule has 0 radical (unpaired) electrons. The minimum atomic E-state index is -0.351. The molecule has 0 fully saturated rings. The van der Waals surface area contributed by atoms with Crippen molar-refractivity contribution in [2.45, 2.75) is 13.0 Å². The standard InChI is InChI=1S/C17H12FN5O2/c18-13-4-1-10(2-5-13)17-20-22-23(21-17)9-15(24)11-3-6-14-12(7-11)8-16(25)19-14/h1-7H,8-9H2,(H,19,25). The number of hydrogen-bond donors (Lipinski definition) is 1. The van der Waals surface area contributed by atoms with Crippen molar-refractivity contribution in [1.82, 2.24) is 20.2 Å². The summed E-state index contributed by atoms with van der Waals surface area (Å²) in [7, 11) is 0. The van der Waals surface area contributed by atoms with Gasteiger partial charge in [-0.3, -0.25) is 9.59 Å². The van der Waals surface area contributed by atoms with E-state index < -0.39 is 0 Å². The molecule has 2 heterocycles. The number of aromatic nitrogens is 4. The van der Waals surface area contributed by atoms with Crippen LogP contribution in [0.25, 0.3) is 11.4 Å². The Morgan fingerprint density at radius 2 is 2.00 bits per heavy atom. The monoisotopic (exact) mass is 337 g/mol. The molecule has 0 aliphatic carbocycles. The average molecular weight is 337 g/mol. The lowest BCUT2D eigenvalue weighted by molar-refractivity contribution is -0.115. The van der Waals surface area contributed by atoms with Crippen LogP contribution >= 0.6 is 0 Å². The van der Waals surface area contributed by atoms with E-state index in [2.05, 4.69) is 20.7 Å². The van der Waals surface area contributed by atoms with Gasteiger partial charge in [0.25, 0.3) is 0 Å². The molecule has 0 saturated carbocycles. The highest BCUT2D eigenvalue weighted by molar-refractivity contribution is 6.02. The van der Waals surface area contributed by atoms with E-state index >= 15 is 0 Å². The summed E-state index contributed by atoms with van der Waals surface area (Å²) in [6, 6.07) is 10.8. The first-order valence-electron chi connectivity index (χ1n) is 7.58. The van der Waals surface area contributed by atoms with Gasteiger partial charge in [-0.2, -0.15) is 4.80 Å². The topological polar surface area (TPSA) is 89.8 Å². The van der Waals surface area contributed by atoms with Crippen molar-refractivity contribution in [3.05, 3.63) is 59.4 Å². The number of tetrazole rings is 1. The molecule has 4 rings (SSSR count). The number of nitrogens with one attached hydrogen (secondary N) is 1. The normalized spacial score (nSPS) is 12.8. The molecule has 1 aromatic heterocycles. The zero-order chi connectivity index (χ0) is 17.4. The average Bonchev–Trinajstić information content (AvgIpc) is 3.20. The van der Waals surface area contributed by atoms with Crippen LogP contribution in [0.2, 0.25) is 0 Å². The van der Waals surface area contributed by atoms with Crippen molar-refractivity contribution in [3.8, 4) is 11.4 Å². The molecule has 0 bridgehead atoms. The van der Waals surface area contributed by atoms with E-state index in [1.54, 1.807) is 30.3 Å². The first-order chi connectivity index (χ1) is 12.1. The number of anilines is 1. The van der Waals surface area contributed by atoms with Gasteiger partial charge in [0, 0.05) is 16.8 Å². The van der Waals surface area contributed by atoms with Crippen molar-refractivity contribution in [3.63, 3.8) is 0 Å². The van der Waals surface area contributed by atoms with Crippen molar-refractivity contribution >= 4 is 17.4 Å². The molecule has 2 aromatic carbocycles. The molecule has 1 aliphatic rings.